The van der Waals surface area contributed by atoms with Crippen molar-refractivity contribution in [1.29, 1.82) is 0 Å². The molecule has 3 rings (SSSR count). The smallest absolute Gasteiger partial charge is 0.192 e. The highest BCUT2D eigenvalue weighted by Crippen LogP contribution is 2.30. The zero-order chi connectivity index (χ0) is 21.0. The summed E-state index contributed by atoms with van der Waals surface area (Å²) in [7, 11) is 1.63. The van der Waals surface area contributed by atoms with Gasteiger partial charge in [0.15, 0.2) is 16.8 Å². The fourth-order valence-corrected chi connectivity index (χ4v) is 3.86. The summed E-state index contributed by atoms with van der Waals surface area (Å²) < 4.78 is 20.4. The van der Waals surface area contributed by atoms with Gasteiger partial charge in [-0.3, -0.25) is 4.79 Å². The number of Topliss-reactive ketones (excluding diaryl/α,β-unsaturated/α-hetero) is 1. The van der Waals surface area contributed by atoms with Crippen LogP contribution in [-0.4, -0.2) is 32.9 Å². The molecule has 0 aliphatic heterocycles. The highest BCUT2D eigenvalue weighted by atomic mass is 32.2. The summed E-state index contributed by atoms with van der Waals surface area (Å²) in [6.07, 6.45) is 0. The van der Waals surface area contributed by atoms with Crippen molar-refractivity contribution in [3.05, 3.63) is 59.9 Å². The van der Waals surface area contributed by atoms with Gasteiger partial charge in [0.1, 0.15) is 11.6 Å². The minimum absolute atomic E-state index is 0.0694. The van der Waals surface area contributed by atoms with E-state index in [0.29, 0.717) is 16.6 Å². The maximum absolute atomic E-state index is 13.1. The van der Waals surface area contributed by atoms with Crippen molar-refractivity contribution in [1.82, 2.24) is 14.8 Å². The Bertz CT molecular complexity index is 969. The summed E-state index contributed by atoms with van der Waals surface area (Å²) in [6.45, 7) is 6.81. The molecular formula is C22H24FN3O2S. The highest BCUT2D eigenvalue weighted by Gasteiger charge is 2.22. The molecule has 1 heterocycles. The largest absolute Gasteiger partial charge is 0.497 e. The molecule has 0 aliphatic carbocycles. The molecule has 0 aliphatic rings. The quantitative estimate of drug-likeness (QED) is 0.379. The van der Waals surface area contributed by atoms with E-state index in [1.165, 1.54) is 36.0 Å². The first-order valence-electron chi connectivity index (χ1n) is 9.43. The second-order valence-electron chi connectivity index (χ2n) is 7.17. The average molecular weight is 414 g/mol. The number of thioether (sulfide) groups is 1. The number of hydrogen-bond acceptors (Lipinski definition) is 5. The van der Waals surface area contributed by atoms with Crippen molar-refractivity contribution in [3.63, 3.8) is 0 Å². The minimum atomic E-state index is -0.376. The molecule has 1 aromatic heterocycles. The normalized spacial score (nSPS) is 12.2. The Labute approximate surface area is 174 Å². The first-order chi connectivity index (χ1) is 13.9. The first-order valence-corrected chi connectivity index (χ1v) is 10.3. The third-order valence-corrected chi connectivity index (χ3v) is 5.47. The monoisotopic (exact) mass is 413 g/mol. The van der Waals surface area contributed by atoms with Crippen LogP contribution in [0.4, 0.5) is 4.39 Å². The van der Waals surface area contributed by atoms with Crippen molar-refractivity contribution in [2.24, 2.45) is 5.92 Å². The van der Waals surface area contributed by atoms with Gasteiger partial charge >= 0.3 is 0 Å². The molecule has 0 spiro atoms. The molecule has 0 amide bonds. The molecule has 1 atom stereocenters. The Morgan fingerprint density at radius 2 is 1.72 bits per heavy atom. The lowest BCUT2D eigenvalue weighted by Crippen LogP contribution is -2.15. The van der Waals surface area contributed by atoms with Gasteiger partial charge in [-0.25, -0.2) is 4.39 Å². The highest BCUT2D eigenvalue weighted by molar-refractivity contribution is 8.00. The SMILES string of the molecule is COc1ccc(-c2nnc(S[C@H](C)C(=O)c3ccc(F)cc3)n2CC(C)C)cc1. The van der Waals surface area contributed by atoms with Crippen molar-refractivity contribution in [2.75, 3.05) is 7.11 Å². The molecule has 0 bridgehead atoms. The predicted molar refractivity (Wildman–Crippen MR) is 113 cm³/mol. The van der Waals surface area contributed by atoms with Crippen LogP contribution >= 0.6 is 11.8 Å². The number of carbonyl (C=O) groups is 1. The third-order valence-electron chi connectivity index (χ3n) is 4.39. The van der Waals surface area contributed by atoms with Crippen LogP contribution in [0.3, 0.4) is 0 Å². The third kappa shape index (κ3) is 5.03. The molecule has 0 unspecified atom stereocenters. The predicted octanol–water partition coefficient (Wildman–Crippen LogP) is 5.11. The van der Waals surface area contributed by atoms with Gasteiger partial charge in [0.05, 0.1) is 12.4 Å². The molecule has 152 valence electrons. The van der Waals surface area contributed by atoms with E-state index in [-0.39, 0.29) is 16.9 Å². The Balaban J connectivity index is 1.87. The van der Waals surface area contributed by atoms with Crippen LogP contribution in [0.15, 0.2) is 53.7 Å². The molecular weight excluding hydrogens is 389 g/mol. The van der Waals surface area contributed by atoms with E-state index in [1.807, 2.05) is 35.8 Å². The Morgan fingerprint density at radius 3 is 2.31 bits per heavy atom. The summed E-state index contributed by atoms with van der Waals surface area (Å²) in [5.41, 5.74) is 1.42. The van der Waals surface area contributed by atoms with Crippen LogP contribution in [0.1, 0.15) is 31.1 Å². The minimum Gasteiger partial charge on any atom is -0.497 e. The summed E-state index contributed by atoms with van der Waals surface area (Å²) in [5, 5.41) is 9.04. The molecule has 0 fully saturated rings. The first kappa shape index (κ1) is 21.0. The lowest BCUT2D eigenvalue weighted by Gasteiger charge is -2.15. The number of carbonyl (C=O) groups excluding carboxylic acids is 1. The van der Waals surface area contributed by atoms with Gasteiger partial charge in [0.25, 0.3) is 0 Å². The Morgan fingerprint density at radius 1 is 1.07 bits per heavy atom. The Hall–Kier alpha value is -2.67. The number of methoxy groups -OCH3 is 1. The molecule has 0 saturated carbocycles. The van der Waals surface area contributed by atoms with Gasteiger partial charge in [-0.05, 0) is 61.4 Å². The standard InChI is InChI=1S/C22H24FN3O2S/c1-14(2)13-26-21(17-7-11-19(28-4)12-8-17)24-25-22(26)29-15(3)20(27)16-5-9-18(23)10-6-16/h5-12,14-15H,13H2,1-4H3/t15-/m1/s1. The van der Waals surface area contributed by atoms with Crippen LogP contribution in [0, 0.1) is 11.7 Å². The number of rotatable bonds is 8. The fourth-order valence-electron chi connectivity index (χ4n) is 2.92. The van der Waals surface area contributed by atoms with E-state index in [1.54, 1.807) is 7.11 Å². The molecule has 0 N–H and O–H groups in total. The number of ether oxygens (including phenoxy) is 1. The number of halogens is 1. The number of nitrogens with zero attached hydrogens (tertiary/aromatic N) is 3. The average Bonchev–Trinajstić information content (AvgIpc) is 3.09. The molecule has 3 aromatic rings. The molecule has 29 heavy (non-hydrogen) atoms. The lowest BCUT2D eigenvalue weighted by atomic mass is 10.1. The second kappa shape index (κ2) is 9.22. The van der Waals surface area contributed by atoms with Gasteiger partial charge in [-0.15, -0.1) is 10.2 Å². The zero-order valence-electron chi connectivity index (χ0n) is 16.9. The van der Waals surface area contributed by atoms with Crippen LogP contribution in [0.5, 0.6) is 5.75 Å². The molecule has 5 nitrogen and oxygen atoms in total. The maximum Gasteiger partial charge on any atom is 0.192 e. The van der Waals surface area contributed by atoms with Crippen molar-refractivity contribution in [2.45, 2.75) is 37.7 Å². The van der Waals surface area contributed by atoms with Crippen molar-refractivity contribution < 1.29 is 13.9 Å². The number of ketones is 1. The van der Waals surface area contributed by atoms with Gasteiger partial charge in [-0.2, -0.15) is 0 Å². The Kier molecular flexibility index (Phi) is 6.69. The summed E-state index contributed by atoms with van der Waals surface area (Å²) in [5.74, 6) is 1.48. The van der Waals surface area contributed by atoms with E-state index in [2.05, 4.69) is 24.0 Å². The summed E-state index contributed by atoms with van der Waals surface area (Å²) >= 11 is 1.36. The summed E-state index contributed by atoms with van der Waals surface area (Å²) in [6, 6.07) is 13.3. The van der Waals surface area contributed by atoms with Crippen LogP contribution in [-0.2, 0) is 6.54 Å². The van der Waals surface area contributed by atoms with E-state index < -0.39 is 0 Å². The molecule has 2 aromatic carbocycles. The molecule has 0 saturated heterocycles. The molecule has 7 heteroatoms. The maximum atomic E-state index is 13.1. The van der Waals surface area contributed by atoms with Gasteiger partial charge < -0.3 is 9.30 Å². The van der Waals surface area contributed by atoms with Crippen molar-refractivity contribution >= 4 is 17.5 Å². The number of benzene rings is 2. The fraction of sp³-hybridized carbons (Fsp3) is 0.318. The topological polar surface area (TPSA) is 57.0 Å². The van der Waals surface area contributed by atoms with Crippen LogP contribution < -0.4 is 4.74 Å². The van der Waals surface area contributed by atoms with Crippen molar-refractivity contribution in [3.8, 4) is 17.1 Å². The summed E-state index contributed by atoms with van der Waals surface area (Å²) in [4.78, 5) is 12.7. The van der Waals surface area contributed by atoms with E-state index >= 15 is 0 Å². The zero-order valence-corrected chi connectivity index (χ0v) is 17.7. The van der Waals surface area contributed by atoms with Gasteiger partial charge in [0, 0.05) is 17.7 Å². The van der Waals surface area contributed by atoms with E-state index in [9.17, 15) is 9.18 Å². The second-order valence-corrected chi connectivity index (χ2v) is 8.48. The van der Waals surface area contributed by atoms with E-state index in [4.69, 9.17) is 4.74 Å². The van der Waals surface area contributed by atoms with Crippen LogP contribution in [0.25, 0.3) is 11.4 Å². The molecule has 0 radical (unpaired) electrons. The van der Waals surface area contributed by atoms with Gasteiger partial charge in [-0.1, -0.05) is 25.6 Å². The number of aromatic nitrogens is 3. The van der Waals surface area contributed by atoms with Crippen LogP contribution in [0.2, 0.25) is 0 Å². The van der Waals surface area contributed by atoms with E-state index in [0.717, 1.165) is 23.7 Å². The lowest BCUT2D eigenvalue weighted by molar-refractivity contribution is 0.0994. The van der Waals surface area contributed by atoms with Gasteiger partial charge in [0.2, 0.25) is 0 Å². The number of hydrogen-bond donors (Lipinski definition) is 0.